The summed E-state index contributed by atoms with van der Waals surface area (Å²) in [7, 11) is 1.32. The molecule has 0 spiro atoms. The van der Waals surface area contributed by atoms with E-state index in [-0.39, 0.29) is 6.61 Å². The molecule has 0 radical (unpaired) electrons. The van der Waals surface area contributed by atoms with Gasteiger partial charge in [0.2, 0.25) is 0 Å². The van der Waals surface area contributed by atoms with Crippen LogP contribution >= 0.6 is 0 Å². The number of hydrogen-bond donors (Lipinski definition) is 12. The number of aliphatic hydroxyl groups is 9. The lowest BCUT2D eigenvalue weighted by atomic mass is 9.83. The molecule has 5 fully saturated rings. The third-order valence-corrected chi connectivity index (χ3v) is 12.6. The van der Waals surface area contributed by atoms with Crippen LogP contribution in [0, 0.1) is 23.7 Å². The quantitative estimate of drug-likeness (QED) is 0.0290. The van der Waals surface area contributed by atoms with Crippen LogP contribution in [-0.2, 0) is 93.4 Å². The van der Waals surface area contributed by atoms with Crippen LogP contribution in [0.15, 0.2) is 0 Å². The van der Waals surface area contributed by atoms with E-state index in [2.05, 4.69) is 13.6 Å². The fraction of sp³-hybridized carbons (Fsp3) is 1.00. The van der Waals surface area contributed by atoms with Crippen LogP contribution in [0.3, 0.4) is 0 Å². The van der Waals surface area contributed by atoms with Crippen molar-refractivity contribution in [2.24, 2.45) is 23.7 Å². The van der Waals surface area contributed by atoms with E-state index in [1.165, 1.54) is 27.9 Å². The summed E-state index contributed by atoms with van der Waals surface area (Å²) < 4.78 is 108. The van der Waals surface area contributed by atoms with Crippen LogP contribution in [0.1, 0.15) is 27.7 Å². The fourth-order valence-electron chi connectivity index (χ4n) is 8.44. The lowest BCUT2D eigenvalue weighted by molar-refractivity contribution is -0.372. The van der Waals surface area contributed by atoms with Gasteiger partial charge in [-0.25, -0.2) is 14.7 Å². The SMILES string of the molecule is CO[C@@H]1OC(C)[C@@H](O)[C@H](CO[C@@H]2OC(C)[C@@H](OOS(=O)O)[C@H](CO[C@@H]3OC(C)[C@@H](OOS(=O)O)[C@H](CO[C@@H]4OC(C)[C@@H](O)[C@H](O)C4O)C3O)C2O)C1CO[C@H]1OC(COO)[C@@H](O)[C@@H](O)C1O. The lowest BCUT2D eigenvalue weighted by Gasteiger charge is -2.47. The molecule has 12 N–H and O–H groups in total. The van der Waals surface area contributed by atoms with Crippen LogP contribution in [0.5, 0.6) is 0 Å². The van der Waals surface area contributed by atoms with Crippen molar-refractivity contribution in [3.63, 3.8) is 0 Å². The maximum atomic E-state index is 11.7. The zero-order valence-electron chi connectivity index (χ0n) is 36.1. The van der Waals surface area contributed by atoms with Gasteiger partial charge in [0.1, 0.15) is 73.8 Å². The summed E-state index contributed by atoms with van der Waals surface area (Å²) in [5.74, 6) is -4.40. The molecule has 0 amide bonds. The van der Waals surface area contributed by atoms with Crippen LogP contribution < -0.4 is 0 Å². The molecule has 0 aromatic carbocycles. The molecular weight excluding hydrogens is 948 g/mol. The van der Waals surface area contributed by atoms with Crippen molar-refractivity contribution in [1.29, 1.82) is 0 Å². The Morgan fingerprint density at radius 2 is 0.803 bits per heavy atom. The number of ether oxygens (including phenoxy) is 10. The van der Waals surface area contributed by atoms with Crippen molar-refractivity contribution >= 4 is 22.7 Å². The molecule has 0 aromatic rings. The largest absolute Gasteiger partial charge is 0.390 e. The Bertz CT molecular complexity index is 1510. The van der Waals surface area contributed by atoms with E-state index in [0.717, 1.165) is 0 Å². The first kappa shape index (κ1) is 56.1. The summed E-state index contributed by atoms with van der Waals surface area (Å²) in [6.07, 6.45) is -30.2. The van der Waals surface area contributed by atoms with E-state index >= 15 is 0 Å². The van der Waals surface area contributed by atoms with Gasteiger partial charge < -0.3 is 93.3 Å². The van der Waals surface area contributed by atoms with E-state index in [4.69, 9.17) is 62.4 Å². The first-order valence-corrected chi connectivity index (χ1v) is 22.8. The average Bonchev–Trinajstić information content (AvgIpc) is 3.27. The summed E-state index contributed by atoms with van der Waals surface area (Å²) in [5, 5.41) is 106. The third kappa shape index (κ3) is 13.6. The summed E-state index contributed by atoms with van der Waals surface area (Å²) in [5.41, 5.74) is 0. The Morgan fingerprint density at radius 3 is 1.26 bits per heavy atom. The molecule has 0 aliphatic carbocycles. The fourth-order valence-corrected chi connectivity index (χ4v) is 8.75. The Balaban J connectivity index is 1.30. The molecule has 5 aliphatic rings. The highest BCUT2D eigenvalue weighted by Gasteiger charge is 2.53. The van der Waals surface area contributed by atoms with Crippen LogP contribution in [-0.4, -0.2) is 238 Å². The molecule has 5 aliphatic heterocycles. The zero-order valence-corrected chi connectivity index (χ0v) is 37.7. The van der Waals surface area contributed by atoms with Gasteiger partial charge in [-0.05, 0) is 27.7 Å². The minimum atomic E-state index is -2.96. The molecule has 5 rings (SSSR count). The Hall–Kier alpha value is -0.780. The van der Waals surface area contributed by atoms with Crippen molar-refractivity contribution in [2.45, 2.75) is 157 Å². The van der Waals surface area contributed by atoms with Crippen LogP contribution in [0.25, 0.3) is 0 Å². The van der Waals surface area contributed by atoms with E-state index in [0.29, 0.717) is 0 Å². The van der Waals surface area contributed by atoms with E-state index in [9.17, 15) is 63.5 Å². The number of methoxy groups -OCH3 is 1. The summed E-state index contributed by atoms with van der Waals surface area (Å²) in [4.78, 5) is 14.3. The molecule has 388 valence electrons. The van der Waals surface area contributed by atoms with Crippen LogP contribution in [0.4, 0.5) is 0 Å². The normalized spacial score (nSPS) is 47.9. The maximum absolute atomic E-state index is 11.7. The first-order chi connectivity index (χ1) is 31.2. The molecule has 5 saturated heterocycles. The Labute approximate surface area is 382 Å². The first-order valence-electron chi connectivity index (χ1n) is 20.7. The highest BCUT2D eigenvalue weighted by Crippen LogP contribution is 2.38. The predicted molar refractivity (Wildman–Crippen MR) is 207 cm³/mol. The van der Waals surface area contributed by atoms with Gasteiger partial charge in [-0.2, -0.15) is 8.42 Å². The van der Waals surface area contributed by atoms with E-state index < -0.39 is 202 Å². The molecule has 12 unspecified atom stereocenters. The van der Waals surface area contributed by atoms with Gasteiger partial charge in [-0.1, -0.05) is 0 Å². The molecule has 31 heteroatoms. The second-order valence-corrected chi connectivity index (χ2v) is 17.6. The predicted octanol–water partition coefficient (Wildman–Crippen LogP) is -5.49. The topological polar surface area (TPSA) is 415 Å². The van der Waals surface area contributed by atoms with Gasteiger partial charge in [0.25, 0.3) is 0 Å². The van der Waals surface area contributed by atoms with E-state index in [1.54, 1.807) is 6.92 Å². The number of hydrogen-bond acceptors (Lipinski definition) is 27. The summed E-state index contributed by atoms with van der Waals surface area (Å²) in [6.45, 7) is 3.30. The zero-order chi connectivity index (χ0) is 48.7. The molecule has 29 nitrogen and oxygen atoms in total. The highest BCUT2D eigenvalue weighted by atomic mass is 32.2. The summed E-state index contributed by atoms with van der Waals surface area (Å²) in [6, 6.07) is 0. The highest BCUT2D eigenvalue weighted by molar-refractivity contribution is 7.74. The monoisotopic (exact) mass is 1010 g/mol. The van der Waals surface area contributed by atoms with Crippen molar-refractivity contribution in [1.82, 2.24) is 0 Å². The van der Waals surface area contributed by atoms with Gasteiger partial charge in [0.15, 0.2) is 31.5 Å². The standard InChI is InChI=1S/C35H62O29S2/c1-11-20(36)15(16(31(50-5)56-11)7-52-35-28(44)26(42)24(40)19(60-35)10-55-45)6-51-32-22(38)17(29(13(3)58-32)61-63-65(46)47)8-53-33-23(39)18(30(14(4)59-33)62-64-66(48)49)9-54-34-27(43)25(41)21(37)12(2)57-34/h11-45H,6-10H2,1-5H3,(H,46,47)(H,48,49)/t11?,12?,13?,14?,15-,16?,17-,18-,19?,20-,21-,22?,23?,24-,25+,26-,27?,28?,29-,30-,31-,32-,33-,34-,35+/m1/s1. The smallest absolute Gasteiger partial charge is 0.331 e. The van der Waals surface area contributed by atoms with Crippen molar-refractivity contribution < 1.29 is 139 Å². The minimum Gasteiger partial charge on any atom is -0.390 e. The van der Waals surface area contributed by atoms with Crippen LogP contribution in [0.2, 0.25) is 0 Å². The molecule has 5 heterocycles. The number of aliphatic hydroxyl groups excluding tert-OH is 9. The molecule has 0 bridgehead atoms. The average molecular weight is 1010 g/mol. The second kappa shape index (κ2) is 25.6. The summed E-state index contributed by atoms with van der Waals surface area (Å²) >= 11 is -5.90. The third-order valence-electron chi connectivity index (χ3n) is 12.2. The van der Waals surface area contributed by atoms with Crippen molar-refractivity contribution in [3.05, 3.63) is 0 Å². The van der Waals surface area contributed by atoms with Gasteiger partial charge in [0.05, 0.1) is 56.9 Å². The Morgan fingerprint density at radius 1 is 0.424 bits per heavy atom. The lowest BCUT2D eigenvalue weighted by Crippen LogP contribution is -2.61. The van der Waals surface area contributed by atoms with Gasteiger partial charge in [-0.15, -0.1) is 8.67 Å². The second-order valence-electron chi connectivity index (χ2n) is 16.5. The maximum Gasteiger partial charge on any atom is 0.331 e. The molecule has 0 saturated carbocycles. The van der Waals surface area contributed by atoms with Crippen molar-refractivity contribution in [3.8, 4) is 0 Å². The molecule has 27 atom stereocenters. The van der Waals surface area contributed by atoms with E-state index in [1.807, 2.05) is 0 Å². The minimum absolute atomic E-state index is 0.386. The molecule has 0 aromatic heterocycles. The van der Waals surface area contributed by atoms with Gasteiger partial charge >= 0.3 is 22.7 Å². The van der Waals surface area contributed by atoms with Crippen molar-refractivity contribution in [2.75, 3.05) is 40.1 Å². The molecular formula is C35H62O29S2. The molecule has 66 heavy (non-hydrogen) atoms. The van der Waals surface area contributed by atoms with Gasteiger partial charge in [0, 0.05) is 30.8 Å². The van der Waals surface area contributed by atoms with Gasteiger partial charge in [-0.3, -0.25) is 14.4 Å². The number of rotatable bonds is 21. The Kier molecular flexibility index (Phi) is 21.7.